The highest BCUT2D eigenvalue weighted by Gasteiger charge is 2.08. The number of carbonyl (C=O) groups excluding carboxylic acids is 2. The molecule has 0 radical (unpaired) electrons. The van der Waals surface area contributed by atoms with Gasteiger partial charge < -0.3 is 9.88 Å². The second kappa shape index (κ2) is 3.01. The Morgan fingerprint density at radius 2 is 2.45 bits per heavy atom. The molecule has 0 aliphatic carbocycles. The molecule has 1 N–H and O–H groups in total. The molecule has 11 heavy (non-hydrogen) atoms. The van der Waals surface area contributed by atoms with Crippen molar-refractivity contribution in [3.05, 3.63) is 18.5 Å². The van der Waals surface area contributed by atoms with Crippen LogP contribution in [0.2, 0.25) is 0 Å². The van der Waals surface area contributed by atoms with Crippen LogP contribution < -0.4 is 4.90 Å². The Morgan fingerprint density at radius 1 is 1.73 bits per heavy atom. The number of anilines is 1. The predicted molar refractivity (Wildman–Crippen MR) is 40.3 cm³/mol. The molecule has 0 spiro atoms. The zero-order chi connectivity index (χ0) is 8.27. The Labute approximate surface area is 63.8 Å². The van der Waals surface area contributed by atoms with Crippen LogP contribution in [0.25, 0.3) is 0 Å². The summed E-state index contributed by atoms with van der Waals surface area (Å²) in [7, 11) is 1.54. The molecule has 0 aliphatic rings. The van der Waals surface area contributed by atoms with Crippen LogP contribution in [0.4, 0.5) is 5.69 Å². The fourth-order valence-corrected chi connectivity index (χ4v) is 0.730. The normalized spacial score (nSPS) is 9.18. The smallest absolute Gasteiger partial charge is 0.290 e. The highest BCUT2D eigenvalue weighted by molar-refractivity contribution is 6.30. The lowest BCUT2D eigenvalue weighted by Gasteiger charge is -2.09. The van der Waals surface area contributed by atoms with E-state index < -0.39 is 5.91 Å². The zero-order valence-electron chi connectivity index (χ0n) is 6.07. The largest absolute Gasteiger partial charge is 0.366 e. The van der Waals surface area contributed by atoms with E-state index >= 15 is 0 Å². The molecule has 4 heteroatoms. The minimum atomic E-state index is -0.551. The van der Waals surface area contributed by atoms with E-state index in [9.17, 15) is 9.59 Å². The number of H-pyrrole nitrogens is 1. The van der Waals surface area contributed by atoms with Gasteiger partial charge in [0.2, 0.25) is 6.29 Å². The van der Waals surface area contributed by atoms with Gasteiger partial charge in [-0.05, 0) is 6.07 Å². The summed E-state index contributed by atoms with van der Waals surface area (Å²) >= 11 is 0. The lowest BCUT2D eigenvalue weighted by molar-refractivity contribution is -0.129. The maximum Gasteiger partial charge on any atom is 0.290 e. The monoisotopic (exact) mass is 152 g/mol. The Hall–Kier alpha value is -1.58. The zero-order valence-corrected chi connectivity index (χ0v) is 6.07. The summed E-state index contributed by atoms with van der Waals surface area (Å²) in [5.74, 6) is -0.551. The summed E-state index contributed by atoms with van der Waals surface area (Å²) in [6.45, 7) is 0. The highest BCUT2D eigenvalue weighted by Crippen LogP contribution is 2.08. The van der Waals surface area contributed by atoms with E-state index in [4.69, 9.17) is 0 Å². The van der Waals surface area contributed by atoms with Crippen molar-refractivity contribution < 1.29 is 9.59 Å². The van der Waals surface area contributed by atoms with Gasteiger partial charge in [-0.3, -0.25) is 9.59 Å². The third kappa shape index (κ3) is 1.46. The first-order valence-electron chi connectivity index (χ1n) is 3.11. The van der Waals surface area contributed by atoms with Crippen molar-refractivity contribution in [2.24, 2.45) is 0 Å². The third-order valence-corrected chi connectivity index (χ3v) is 1.40. The molecule has 1 aromatic rings. The minimum Gasteiger partial charge on any atom is -0.366 e. The quantitative estimate of drug-likeness (QED) is 0.485. The Bertz CT molecular complexity index is 253. The number of amides is 1. The summed E-state index contributed by atoms with van der Waals surface area (Å²) in [6, 6.07) is 1.71. The van der Waals surface area contributed by atoms with Crippen molar-refractivity contribution in [1.29, 1.82) is 0 Å². The first kappa shape index (κ1) is 7.53. The SMILES string of the molecule is CN(C(=O)C=O)c1cc[nH]c1. The van der Waals surface area contributed by atoms with E-state index in [1.807, 2.05) is 0 Å². The lowest BCUT2D eigenvalue weighted by atomic mass is 10.4. The molecule has 0 aromatic carbocycles. The fourth-order valence-electron chi connectivity index (χ4n) is 0.730. The number of aromatic amines is 1. The predicted octanol–water partition coefficient (Wildman–Crippen LogP) is 0.176. The van der Waals surface area contributed by atoms with E-state index in [1.54, 1.807) is 25.5 Å². The molecular formula is C7H8N2O2. The first-order valence-corrected chi connectivity index (χ1v) is 3.11. The number of hydrogen-bond acceptors (Lipinski definition) is 2. The van der Waals surface area contributed by atoms with Crippen LogP contribution >= 0.6 is 0 Å². The van der Waals surface area contributed by atoms with Gasteiger partial charge in [0, 0.05) is 19.4 Å². The van der Waals surface area contributed by atoms with E-state index in [-0.39, 0.29) is 6.29 Å². The molecule has 0 bridgehead atoms. The van der Waals surface area contributed by atoms with Crippen LogP contribution in [0.3, 0.4) is 0 Å². The summed E-state index contributed by atoms with van der Waals surface area (Å²) in [5.41, 5.74) is 0.683. The molecule has 1 rings (SSSR count). The third-order valence-electron chi connectivity index (χ3n) is 1.40. The second-order valence-corrected chi connectivity index (χ2v) is 2.08. The molecule has 4 nitrogen and oxygen atoms in total. The maximum atomic E-state index is 10.8. The molecule has 1 heterocycles. The van der Waals surface area contributed by atoms with Crippen LogP contribution in [-0.4, -0.2) is 24.2 Å². The van der Waals surface area contributed by atoms with Gasteiger partial charge in [0.1, 0.15) is 0 Å². The standard InChI is InChI=1S/C7H8N2O2/c1-9(7(11)5-10)6-2-3-8-4-6/h2-5,8H,1H3. The number of hydrogen-bond donors (Lipinski definition) is 1. The average Bonchev–Trinajstić information content (AvgIpc) is 2.53. The highest BCUT2D eigenvalue weighted by atomic mass is 16.2. The number of likely N-dealkylation sites (N-methyl/N-ethyl adjacent to an activating group) is 1. The summed E-state index contributed by atoms with van der Waals surface area (Å²) in [4.78, 5) is 24.8. The summed E-state index contributed by atoms with van der Waals surface area (Å²) in [6.07, 6.45) is 3.61. The number of nitrogens with one attached hydrogen (secondary N) is 1. The number of aldehydes is 1. The van der Waals surface area contributed by atoms with Gasteiger partial charge in [-0.25, -0.2) is 0 Å². The van der Waals surface area contributed by atoms with Crippen molar-refractivity contribution >= 4 is 17.9 Å². The van der Waals surface area contributed by atoms with Crippen molar-refractivity contribution in [3.63, 3.8) is 0 Å². The summed E-state index contributed by atoms with van der Waals surface area (Å²) in [5, 5.41) is 0. The average molecular weight is 152 g/mol. The molecule has 0 aliphatic heterocycles. The van der Waals surface area contributed by atoms with Gasteiger partial charge in [0.15, 0.2) is 0 Å². The molecule has 1 aromatic heterocycles. The van der Waals surface area contributed by atoms with E-state index in [2.05, 4.69) is 4.98 Å². The lowest BCUT2D eigenvalue weighted by Crippen LogP contribution is -2.26. The van der Waals surface area contributed by atoms with Gasteiger partial charge in [-0.1, -0.05) is 0 Å². The van der Waals surface area contributed by atoms with Crippen LogP contribution in [0.15, 0.2) is 18.5 Å². The van der Waals surface area contributed by atoms with Gasteiger partial charge in [0.05, 0.1) is 5.69 Å². The van der Waals surface area contributed by atoms with Gasteiger partial charge in [-0.15, -0.1) is 0 Å². The molecule has 58 valence electrons. The molecule has 0 fully saturated rings. The number of carbonyl (C=O) groups is 2. The Morgan fingerprint density at radius 3 is 2.91 bits per heavy atom. The van der Waals surface area contributed by atoms with Crippen LogP contribution in [-0.2, 0) is 9.59 Å². The van der Waals surface area contributed by atoms with E-state index in [1.165, 1.54) is 4.90 Å². The summed E-state index contributed by atoms with van der Waals surface area (Å²) < 4.78 is 0. The fraction of sp³-hybridized carbons (Fsp3) is 0.143. The topological polar surface area (TPSA) is 53.2 Å². The molecule has 0 saturated carbocycles. The maximum absolute atomic E-state index is 10.8. The van der Waals surface area contributed by atoms with Crippen molar-refractivity contribution in [3.8, 4) is 0 Å². The van der Waals surface area contributed by atoms with Crippen LogP contribution in [0, 0.1) is 0 Å². The van der Waals surface area contributed by atoms with Crippen LogP contribution in [0.1, 0.15) is 0 Å². The van der Waals surface area contributed by atoms with Crippen LogP contribution in [0.5, 0.6) is 0 Å². The van der Waals surface area contributed by atoms with Crippen molar-refractivity contribution in [2.75, 3.05) is 11.9 Å². The van der Waals surface area contributed by atoms with E-state index in [0.29, 0.717) is 5.69 Å². The Kier molecular flexibility index (Phi) is 2.06. The van der Waals surface area contributed by atoms with Gasteiger partial charge in [0.25, 0.3) is 5.91 Å². The number of rotatable bonds is 2. The van der Waals surface area contributed by atoms with Crippen molar-refractivity contribution in [2.45, 2.75) is 0 Å². The number of nitrogens with zero attached hydrogens (tertiary/aromatic N) is 1. The van der Waals surface area contributed by atoms with Gasteiger partial charge in [-0.2, -0.15) is 0 Å². The Balaban J connectivity index is 2.77. The second-order valence-electron chi connectivity index (χ2n) is 2.08. The molecule has 1 amide bonds. The number of aromatic nitrogens is 1. The first-order chi connectivity index (χ1) is 5.25. The molecular weight excluding hydrogens is 144 g/mol. The molecule has 0 atom stereocenters. The minimum absolute atomic E-state index is 0.285. The molecule has 0 unspecified atom stereocenters. The van der Waals surface area contributed by atoms with Crippen molar-refractivity contribution in [1.82, 2.24) is 4.98 Å². The molecule has 0 saturated heterocycles. The van der Waals surface area contributed by atoms with Gasteiger partial charge >= 0.3 is 0 Å². The van der Waals surface area contributed by atoms with E-state index in [0.717, 1.165) is 0 Å².